The zero-order valence-corrected chi connectivity index (χ0v) is 10.1. The maximum absolute atomic E-state index is 12.3. The molecule has 0 aliphatic carbocycles. The van der Waals surface area contributed by atoms with Gasteiger partial charge >= 0.3 is 0 Å². The summed E-state index contributed by atoms with van der Waals surface area (Å²) in [6.45, 7) is 1.73. The SMILES string of the molecule is O=C(c1ccc2nc[c]nc2c1)N1CCCCC1. The first-order chi connectivity index (χ1) is 8.84. The van der Waals surface area contributed by atoms with Crippen LogP contribution in [-0.4, -0.2) is 33.9 Å². The molecule has 2 heterocycles. The van der Waals surface area contributed by atoms with Crippen molar-refractivity contribution in [2.75, 3.05) is 13.1 Å². The Hall–Kier alpha value is -1.97. The normalized spacial score (nSPS) is 15.9. The number of carbonyl (C=O) groups excluding carboxylic acids is 1. The van der Waals surface area contributed by atoms with Crippen molar-refractivity contribution in [1.82, 2.24) is 14.9 Å². The molecule has 1 saturated heterocycles. The molecular formula is C14H14N3O. The number of benzene rings is 1. The van der Waals surface area contributed by atoms with Gasteiger partial charge in [-0.3, -0.25) is 9.78 Å². The van der Waals surface area contributed by atoms with Gasteiger partial charge in [-0.15, -0.1) is 0 Å². The predicted octanol–water partition coefficient (Wildman–Crippen LogP) is 2.06. The van der Waals surface area contributed by atoms with Crippen LogP contribution in [0.2, 0.25) is 0 Å². The molecule has 1 aliphatic rings. The Kier molecular flexibility index (Phi) is 2.92. The number of amides is 1. The molecule has 1 fully saturated rings. The number of hydrogen-bond donors (Lipinski definition) is 0. The molecule has 0 atom stereocenters. The summed E-state index contributed by atoms with van der Waals surface area (Å²) in [6.07, 6.45) is 7.66. The van der Waals surface area contributed by atoms with Crippen molar-refractivity contribution in [3.8, 4) is 0 Å². The average molecular weight is 240 g/mol. The van der Waals surface area contributed by atoms with Crippen molar-refractivity contribution < 1.29 is 4.79 Å². The number of hydrogen-bond acceptors (Lipinski definition) is 3. The molecule has 18 heavy (non-hydrogen) atoms. The van der Waals surface area contributed by atoms with E-state index in [0.717, 1.165) is 37.0 Å². The number of carbonyl (C=O) groups is 1. The number of rotatable bonds is 1. The highest BCUT2D eigenvalue weighted by molar-refractivity contribution is 5.97. The van der Waals surface area contributed by atoms with Crippen molar-refractivity contribution >= 4 is 16.9 Å². The summed E-state index contributed by atoms with van der Waals surface area (Å²) in [5.41, 5.74) is 2.21. The minimum absolute atomic E-state index is 0.0993. The van der Waals surface area contributed by atoms with E-state index in [1.54, 1.807) is 6.07 Å². The van der Waals surface area contributed by atoms with Crippen molar-refractivity contribution in [3.63, 3.8) is 0 Å². The van der Waals surface area contributed by atoms with Crippen molar-refractivity contribution in [2.45, 2.75) is 19.3 Å². The minimum Gasteiger partial charge on any atom is -0.339 e. The van der Waals surface area contributed by atoms with Crippen LogP contribution in [0.4, 0.5) is 0 Å². The van der Waals surface area contributed by atoms with Crippen molar-refractivity contribution in [3.05, 3.63) is 36.2 Å². The number of piperidine rings is 1. The molecule has 0 bridgehead atoms. The van der Waals surface area contributed by atoms with Gasteiger partial charge in [-0.2, -0.15) is 0 Å². The smallest absolute Gasteiger partial charge is 0.253 e. The predicted molar refractivity (Wildman–Crippen MR) is 68.1 cm³/mol. The first-order valence-electron chi connectivity index (χ1n) is 6.27. The molecule has 1 aliphatic heterocycles. The molecule has 4 nitrogen and oxygen atoms in total. The molecule has 1 aromatic heterocycles. The summed E-state index contributed by atoms with van der Waals surface area (Å²) in [5, 5.41) is 0. The molecule has 91 valence electrons. The molecule has 0 N–H and O–H groups in total. The Bertz CT molecular complexity index is 576. The van der Waals surface area contributed by atoms with Crippen LogP contribution < -0.4 is 0 Å². The summed E-state index contributed by atoms with van der Waals surface area (Å²) in [5.74, 6) is 0.0993. The topological polar surface area (TPSA) is 46.1 Å². The molecule has 2 aromatic rings. The first kappa shape index (κ1) is 11.1. The van der Waals surface area contributed by atoms with Crippen LogP contribution in [0, 0.1) is 6.20 Å². The van der Waals surface area contributed by atoms with Crippen molar-refractivity contribution in [2.24, 2.45) is 0 Å². The third-order valence-corrected chi connectivity index (χ3v) is 3.31. The van der Waals surface area contributed by atoms with Crippen LogP contribution in [0.15, 0.2) is 24.4 Å². The lowest BCUT2D eigenvalue weighted by Crippen LogP contribution is -2.35. The van der Waals surface area contributed by atoms with Gasteiger partial charge < -0.3 is 4.90 Å². The molecule has 1 radical (unpaired) electrons. The highest BCUT2D eigenvalue weighted by atomic mass is 16.2. The fourth-order valence-electron chi connectivity index (χ4n) is 2.33. The minimum atomic E-state index is 0.0993. The Morgan fingerprint density at radius 3 is 2.83 bits per heavy atom. The molecule has 0 spiro atoms. The van der Waals surface area contributed by atoms with E-state index in [2.05, 4.69) is 16.2 Å². The zero-order chi connectivity index (χ0) is 12.4. The van der Waals surface area contributed by atoms with Gasteiger partial charge in [-0.25, -0.2) is 4.98 Å². The summed E-state index contributed by atoms with van der Waals surface area (Å²) < 4.78 is 0. The number of fused-ring (bicyclic) bond motifs is 1. The largest absolute Gasteiger partial charge is 0.339 e. The van der Waals surface area contributed by atoms with Crippen LogP contribution in [0.25, 0.3) is 11.0 Å². The second-order valence-corrected chi connectivity index (χ2v) is 4.56. The lowest BCUT2D eigenvalue weighted by molar-refractivity contribution is 0.0724. The third kappa shape index (κ3) is 2.06. The van der Waals surface area contributed by atoms with Crippen LogP contribution in [0.1, 0.15) is 29.6 Å². The maximum atomic E-state index is 12.3. The second-order valence-electron chi connectivity index (χ2n) is 4.56. The molecular weight excluding hydrogens is 226 g/mol. The lowest BCUT2D eigenvalue weighted by Gasteiger charge is -2.26. The zero-order valence-electron chi connectivity index (χ0n) is 10.1. The van der Waals surface area contributed by atoms with E-state index in [0.29, 0.717) is 5.56 Å². The fourth-order valence-corrected chi connectivity index (χ4v) is 2.33. The Balaban J connectivity index is 1.91. The molecule has 1 aromatic carbocycles. The summed E-state index contributed by atoms with van der Waals surface area (Å²) in [4.78, 5) is 22.5. The second kappa shape index (κ2) is 4.72. The van der Waals surface area contributed by atoms with Crippen LogP contribution >= 0.6 is 0 Å². The van der Waals surface area contributed by atoms with Crippen LogP contribution in [-0.2, 0) is 0 Å². The van der Waals surface area contributed by atoms with Gasteiger partial charge in [0.2, 0.25) is 0 Å². The van der Waals surface area contributed by atoms with E-state index in [1.165, 1.54) is 12.6 Å². The van der Waals surface area contributed by atoms with Crippen LogP contribution in [0.5, 0.6) is 0 Å². The molecule has 0 unspecified atom stereocenters. The van der Waals surface area contributed by atoms with Gasteiger partial charge in [0.1, 0.15) is 6.20 Å². The van der Waals surface area contributed by atoms with Gasteiger partial charge in [0.05, 0.1) is 17.2 Å². The highest BCUT2D eigenvalue weighted by Gasteiger charge is 2.18. The molecule has 0 saturated carbocycles. The van der Waals surface area contributed by atoms with E-state index < -0.39 is 0 Å². The van der Waals surface area contributed by atoms with Gasteiger partial charge in [-0.1, -0.05) is 0 Å². The Morgan fingerprint density at radius 1 is 1.17 bits per heavy atom. The highest BCUT2D eigenvalue weighted by Crippen LogP contribution is 2.16. The van der Waals surface area contributed by atoms with Gasteiger partial charge in [0.15, 0.2) is 0 Å². The number of nitrogens with zero attached hydrogens (tertiary/aromatic N) is 3. The molecule has 1 amide bonds. The monoisotopic (exact) mass is 240 g/mol. The van der Waals surface area contributed by atoms with E-state index in [1.807, 2.05) is 17.0 Å². The maximum Gasteiger partial charge on any atom is 0.253 e. The van der Waals surface area contributed by atoms with E-state index in [4.69, 9.17) is 0 Å². The number of aromatic nitrogens is 2. The molecule has 4 heteroatoms. The van der Waals surface area contributed by atoms with Gasteiger partial charge in [-0.05, 0) is 37.5 Å². The summed E-state index contributed by atoms with van der Waals surface area (Å²) >= 11 is 0. The van der Waals surface area contributed by atoms with Gasteiger partial charge in [0, 0.05) is 18.7 Å². The van der Waals surface area contributed by atoms with E-state index in [-0.39, 0.29) is 5.91 Å². The Morgan fingerprint density at radius 2 is 2.00 bits per heavy atom. The standard InChI is InChI=1S/C14H14N3O/c18-14(17-8-2-1-3-9-17)11-4-5-12-13(10-11)16-7-6-15-12/h4-6,10H,1-3,8-9H2. The van der Waals surface area contributed by atoms with E-state index in [9.17, 15) is 4.79 Å². The molecule has 3 rings (SSSR count). The van der Waals surface area contributed by atoms with Crippen LogP contribution in [0.3, 0.4) is 0 Å². The number of likely N-dealkylation sites (tertiary alicyclic amines) is 1. The van der Waals surface area contributed by atoms with Crippen molar-refractivity contribution in [1.29, 1.82) is 0 Å². The fraction of sp³-hybridized carbons (Fsp3) is 0.357. The summed E-state index contributed by atoms with van der Waals surface area (Å²) in [7, 11) is 0. The summed E-state index contributed by atoms with van der Waals surface area (Å²) in [6, 6.07) is 5.47. The third-order valence-electron chi connectivity index (χ3n) is 3.31. The average Bonchev–Trinajstić information content (AvgIpc) is 2.47. The van der Waals surface area contributed by atoms with E-state index >= 15 is 0 Å². The quantitative estimate of drug-likeness (QED) is 0.766. The van der Waals surface area contributed by atoms with Gasteiger partial charge in [0.25, 0.3) is 5.91 Å². The first-order valence-corrected chi connectivity index (χ1v) is 6.27. The lowest BCUT2D eigenvalue weighted by atomic mass is 10.1. The Labute approximate surface area is 106 Å².